The second kappa shape index (κ2) is 11.9. The lowest BCUT2D eigenvalue weighted by atomic mass is 10.4. The number of hydrogen-bond donors (Lipinski definition) is 1. The number of hydrogen-bond acceptors (Lipinski definition) is 8. The number of piperazine rings is 1. The van der Waals surface area contributed by atoms with E-state index in [4.69, 9.17) is 23.8 Å². The Morgan fingerprint density at radius 3 is 2.16 bits per heavy atom. The van der Waals surface area contributed by atoms with Gasteiger partial charge in [0.1, 0.15) is 14.0 Å². The zero-order valence-electron chi connectivity index (χ0n) is 15.6. The van der Waals surface area contributed by atoms with E-state index in [-0.39, 0.29) is 19.3 Å². The minimum Gasteiger partial charge on any atom is -0.447 e. The second-order valence-electron chi connectivity index (χ2n) is 5.70. The van der Waals surface area contributed by atoms with E-state index in [2.05, 4.69) is 11.0 Å². The third-order valence-corrected chi connectivity index (χ3v) is 7.05. The number of rotatable bonds is 11. The molecule has 1 saturated heterocycles. The highest BCUT2D eigenvalue weighted by Crippen LogP contribution is 2.51. The SMILES string of the molecule is C=P(OC)(N(C)C)N1CCN(C(=O)OCCOCCOCCO)CC1. The first-order valence-corrected chi connectivity index (χ1v) is 10.2. The molecule has 0 aromatic heterocycles. The van der Waals surface area contributed by atoms with Crippen molar-refractivity contribution in [1.82, 2.24) is 14.2 Å². The van der Waals surface area contributed by atoms with Gasteiger partial charge in [-0.05, 0) is 20.4 Å². The van der Waals surface area contributed by atoms with E-state index in [1.165, 1.54) is 0 Å². The number of carbonyl (C=O) groups is 1. The van der Waals surface area contributed by atoms with E-state index in [9.17, 15) is 4.79 Å². The van der Waals surface area contributed by atoms with Crippen molar-refractivity contribution in [3.8, 4) is 0 Å². The number of aliphatic hydroxyl groups excluding tert-OH is 1. The Morgan fingerprint density at radius 1 is 1.08 bits per heavy atom. The molecule has 0 bridgehead atoms. The van der Waals surface area contributed by atoms with Gasteiger partial charge < -0.3 is 28.7 Å². The Kier molecular flexibility index (Phi) is 10.6. The molecule has 1 aliphatic rings. The van der Waals surface area contributed by atoms with Crippen LogP contribution in [0.15, 0.2) is 0 Å². The van der Waals surface area contributed by atoms with Crippen LogP contribution in [0, 0.1) is 0 Å². The minimum atomic E-state index is -2.01. The van der Waals surface area contributed by atoms with Crippen LogP contribution in [0.2, 0.25) is 0 Å². The van der Waals surface area contributed by atoms with Crippen LogP contribution in [0.25, 0.3) is 0 Å². The lowest BCUT2D eigenvalue weighted by molar-refractivity contribution is 0.0128. The molecular formula is C15H32N3O6P. The maximum absolute atomic E-state index is 12.1. The first kappa shape index (κ1) is 22.4. The molecule has 1 heterocycles. The van der Waals surface area contributed by atoms with E-state index in [0.717, 1.165) is 0 Å². The standard InChI is InChI=1S/C15H32N3O6P/c1-16(2)25(4,21-3)18-7-5-17(6-8-18)15(20)24-14-13-23-12-11-22-10-9-19/h19H,4-14H2,1-3H3. The highest BCUT2D eigenvalue weighted by Gasteiger charge is 2.31. The molecule has 0 aromatic rings. The summed E-state index contributed by atoms with van der Waals surface area (Å²) in [5.41, 5.74) is 0. The normalized spacial score (nSPS) is 18.4. The van der Waals surface area contributed by atoms with Gasteiger partial charge in [-0.1, -0.05) is 0 Å². The molecule has 1 fully saturated rings. The molecule has 25 heavy (non-hydrogen) atoms. The second-order valence-corrected chi connectivity index (χ2v) is 8.76. The summed E-state index contributed by atoms with van der Waals surface area (Å²) < 4.78 is 25.4. The fourth-order valence-electron chi connectivity index (χ4n) is 2.39. The van der Waals surface area contributed by atoms with Gasteiger partial charge in [0.05, 0.1) is 33.0 Å². The fourth-order valence-corrected chi connectivity index (χ4v) is 4.26. The average molecular weight is 381 g/mol. The van der Waals surface area contributed by atoms with Crippen LogP contribution in [0.4, 0.5) is 4.79 Å². The van der Waals surface area contributed by atoms with Crippen LogP contribution in [0.3, 0.4) is 0 Å². The molecule has 9 nitrogen and oxygen atoms in total. The van der Waals surface area contributed by atoms with Crippen molar-refractivity contribution in [2.75, 3.05) is 87.0 Å². The van der Waals surface area contributed by atoms with E-state index in [1.54, 1.807) is 12.0 Å². The van der Waals surface area contributed by atoms with Crippen LogP contribution >= 0.6 is 7.41 Å². The van der Waals surface area contributed by atoms with Crippen LogP contribution < -0.4 is 0 Å². The van der Waals surface area contributed by atoms with Gasteiger partial charge in [-0.25, -0.2) is 9.46 Å². The number of ether oxygens (including phenoxy) is 3. The predicted molar refractivity (Wildman–Crippen MR) is 98.0 cm³/mol. The molecule has 0 radical (unpaired) electrons. The predicted octanol–water partition coefficient (Wildman–Crippen LogP) is 0.169. The molecule has 10 heteroatoms. The quantitative estimate of drug-likeness (QED) is 0.401. The van der Waals surface area contributed by atoms with Crippen LogP contribution in [0.1, 0.15) is 0 Å². The third kappa shape index (κ3) is 7.22. The number of carbonyl (C=O) groups excluding carboxylic acids is 1. The Hall–Kier alpha value is -0.670. The summed E-state index contributed by atoms with van der Waals surface area (Å²) in [6.07, 6.45) is 3.92. The smallest absolute Gasteiger partial charge is 0.409 e. The van der Waals surface area contributed by atoms with Gasteiger partial charge in [-0.3, -0.25) is 4.67 Å². The van der Waals surface area contributed by atoms with Gasteiger partial charge in [0.2, 0.25) is 0 Å². The average Bonchev–Trinajstić information content (AvgIpc) is 2.63. The molecule has 0 spiro atoms. The van der Waals surface area contributed by atoms with Crippen LogP contribution in [-0.2, 0) is 18.7 Å². The number of amides is 1. The van der Waals surface area contributed by atoms with Crippen LogP contribution in [0.5, 0.6) is 0 Å². The van der Waals surface area contributed by atoms with E-state index in [1.807, 2.05) is 18.8 Å². The molecule has 1 amide bonds. The molecule has 1 N–H and O–H groups in total. The van der Waals surface area contributed by atoms with Gasteiger partial charge in [-0.15, -0.1) is 0 Å². The highest BCUT2D eigenvalue weighted by molar-refractivity contribution is 7.64. The fraction of sp³-hybridized carbons (Fsp3) is 0.867. The van der Waals surface area contributed by atoms with Gasteiger partial charge in [0.15, 0.2) is 0 Å². The Labute approximate surface area is 150 Å². The van der Waals surface area contributed by atoms with Gasteiger partial charge >= 0.3 is 6.09 Å². The van der Waals surface area contributed by atoms with Gasteiger partial charge in [-0.2, -0.15) is 0 Å². The van der Waals surface area contributed by atoms with E-state index >= 15 is 0 Å². The minimum absolute atomic E-state index is 0.000998. The van der Waals surface area contributed by atoms with Gasteiger partial charge in [0, 0.05) is 33.3 Å². The number of aliphatic hydroxyl groups is 1. The van der Waals surface area contributed by atoms with Crippen molar-refractivity contribution < 1.29 is 28.6 Å². The summed E-state index contributed by atoms with van der Waals surface area (Å²) in [6, 6.07) is 0. The summed E-state index contributed by atoms with van der Waals surface area (Å²) in [5.74, 6) is 0. The molecule has 1 atom stereocenters. The third-order valence-electron chi connectivity index (χ3n) is 3.93. The first-order valence-electron chi connectivity index (χ1n) is 8.36. The lowest BCUT2D eigenvalue weighted by Crippen LogP contribution is -2.49. The Balaban J connectivity index is 2.20. The molecule has 1 rings (SSSR count). The van der Waals surface area contributed by atoms with Crippen molar-refractivity contribution in [3.05, 3.63) is 0 Å². The Bertz CT molecular complexity index is 429. The topological polar surface area (TPSA) is 83.9 Å². The molecule has 1 unspecified atom stereocenters. The largest absolute Gasteiger partial charge is 0.447 e. The van der Waals surface area contributed by atoms with Crippen molar-refractivity contribution in [1.29, 1.82) is 0 Å². The molecule has 0 saturated carbocycles. The van der Waals surface area contributed by atoms with Gasteiger partial charge in [0.25, 0.3) is 0 Å². The molecule has 148 valence electrons. The van der Waals surface area contributed by atoms with E-state index in [0.29, 0.717) is 52.6 Å². The molecule has 0 aliphatic carbocycles. The lowest BCUT2D eigenvalue weighted by Gasteiger charge is -2.43. The summed E-state index contributed by atoms with van der Waals surface area (Å²) in [5, 5.41) is 8.55. The van der Waals surface area contributed by atoms with Crippen molar-refractivity contribution in [2.45, 2.75) is 0 Å². The Morgan fingerprint density at radius 2 is 1.64 bits per heavy atom. The molecule has 0 aromatic carbocycles. The van der Waals surface area contributed by atoms with Crippen molar-refractivity contribution in [2.24, 2.45) is 0 Å². The van der Waals surface area contributed by atoms with Crippen LogP contribution in [-0.4, -0.2) is 119 Å². The summed E-state index contributed by atoms with van der Waals surface area (Å²) >= 11 is 0. The summed E-state index contributed by atoms with van der Waals surface area (Å²) in [6.45, 7) is 4.25. The maximum atomic E-state index is 12.1. The first-order chi connectivity index (χ1) is 12.0. The van der Waals surface area contributed by atoms with Crippen molar-refractivity contribution >= 4 is 19.8 Å². The zero-order chi connectivity index (χ0) is 18.7. The zero-order valence-corrected chi connectivity index (χ0v) is 16.4. The van der Waals surface area contributed by atoms with Crippen molar-refractivity contribution in [3.63, 3.8) is 0 Å². The summed E-state index contributed by atoms with van der Waals surface area (Å²) in [4.78, 5) is 13.8. The highest BCUT2D eigenvalue weighted by atomic mass is 31.2. The van der Waals surface area contributed by atoms with E-state index < -0.39 is 7.41 Å². The molecular weight excluding hydrogens is 349 g/mol. The molecule has 1 aliphatic heterocycles. The monoisotopic (exact) mass is 381 g/mol. The number of nitrogens with zero attached hydrogens (tertiary/aromatic N) is 3. The maximum Gasteiger partial charge on any atom is 0.409 e. The summed E-state index contributed by atoms with van der Waals surface area (Å²) in [7, 11) is 3.59.